The molecule has 0 saturated heterocycles. The van der Waals surface area contributed by atoms with Crippen molar-refractivity contribution in [2.45, 2.75) is 27.0 Å². The van der Waals surface area contributed by atoms with Crippen LogP contribution in [0, 0.1) is 6.92 Å². The Bertz CT molecular complexity index is 536. The highest BCUT2D eigenvalue weighted by molar-refractivity contribution is 5.29. The number of aryl methyl sites for hydroxylation is 2. The lowest BCUT2D eigenvalue weighted by Crippen LogP contribution is -2.14. The number of imidazole rings is 1. The minimum atomic E-state index is 0.500. The molecular weight excluding hydrogens is 240 g/mol. The second-order valence-electron chi connectivity index (χ2n) is 4.46. The molecule has 0 aromatic carbocycles. The van der Waals surface area contributed by atoms with E-state index in [9.17, 15) is 0 Å². The van der Waals surface area contributed by atoms with Crippen LogP contribution < -0.4 is 10.1 Å². The molecule has 2 rings (SSSR count). The van der Waals surface area contributed by atoms with Gasteiger partial charge in [-0.1, -0.05) is 6.92 Å². The SMILES string of the molecule is CCNCc1nc(C)ccc1OCc1cncn1C. The lowest BCUT2D eigenvalue weighted by Gasteiger charge is -2.12. The monoisotopic (exact) mass is 260 g/mol. The van der Waals surface area contributed by atoms with E-state index in [4.69, 9.17) is 4.74 Å². The minimum absolute atomic E-state index is 0.500. The zero-order chi connectivity index (χ0) is 13.7. The zero-order valence-corrected chi connectivity index (χ0v) is 11.7. The Labute approximate surface area is 113 Å². The van der Waals surface area contributed by atoms with Crippen molar-refractivity contribution >= 4 is 0 Å². The number of rotatable bonds is 6. The van der Waals surface area contributed by atoms with Gasteiger partial charge in [0.2, 0.25) is 0 Å². The molecule has 0 aliphatic carbocycles. The summed E-state index contributed by atoms with van der Waals surface area (Å²) in [7, 11) is 1.96. The van der Waals surface area contributed by atoms with Gasteiger partial charge in [-0.2, -0.15) is 0 Å². The number of nitrogens with one attached hydrogen (secondary N) is 1. The van der Waals surface area contributed by atoms with E-state index in [1.54, 1.807) is 6.33 Å². The second kappa shape index (κ2) is 6.33. The molecule has 1 N–H and O–H groups in total. The van der Waals surface area contributed by atoms with E-state index in [0.717, 1.165) is 35.9 Å². The summed E-state index contributed by atoms with van der Waals surface area (Å²) < 4.78 is 7.80. The van der Waals surface area contributed by atoms with E-state index < -0.39 is 0 Å². The Morgan fingerprint density at radius 3 is 2.89 bits per heavy atom. The summed E-state index contributed by atoms with van der Waals surface area (Å²) in [5.74, 6) is 0.827. The molecule has 0 fully saturated rings. The van der Waals surface area contributed by atoms with Crippen molar-refractivity contribution < 1.29 is 4.74 Å². The van der Waals surface area contributed by atoms with Crippen molar-refractivity contribution in [2.24, 2.45) is 7.05 Å². The topological polar surface area (TPSA) is 52.0 Å². The first-order valence-electron chi connectivity index (χ1n) is 6.46. The molecule has 5 heteroatoms. The number of ether oxygens (including phenoxy) is 1. The standard InChI is InChI=1S/C14H20N4O/c1-4-15-8-13-14(6-5-11(2)17-13)19-9-12-7-16-10-18(12)3/h5-7,10,15H,4,8-9H2,1-3H3. The van der Waals surface area contributed by atoms with Crippen LogP contribution in [0.1, 0.15) is 24.0 Å². The number of aromatic nitrogens is 3. The maximum atomic E-state index is 5.85. The summed E-state index contributed by atoms with van der Waals surface area (Å²) >= 11 is 0. The average Bonchev–Trinajstić information content (AvgIpc) is 2.81. The lowest BCUT2D eigenvalue weighted by molar-refractivity contribution is 0.291. The van der Waals surface area contributed by atoms with Gasteiger partial charge in [0.1, 0.15) is 12.4 Å². The van der Waals surface area contributed by atoms with Gasteiger partial charge in [0.25, 0.3) is 0 Å². The molecule has 0 radical (unpaired) electrons. The molecule has 0 bridgehead atoms. The molecule has 0 amide bonds. The summed E-state index contributed by atoms with van der Waals surface area (Å²) in [6.07, 6.45) is 3.58. The first-order valence-corrected chi connectivity index (χ1v) is 6.46. The predicted molar refractivity (Wildman–Crippen MR) is 73.9 cm³/mol. The molecule has 5 nitrogen and oxygen atoms in total. The molecule has 102 valence electrons. The molecule has 0 spiro atoms. The van der Waals surface area contributed by atoms with Crippen LogP contribution >= 0.6 is 0 Å². The maximum absolute atomic E-state index is 5.85. The molecule has 0 aliphatic rings. The summed E-state index contributed by atoms with van der Waals surface area (Å²) in [6.45, 7) is 6.20. The van der Waals surface area contributed by atoms with Gasteiger partial charge in [0.15, 0.2) is 0 Å². The lowest BCUT2D eigenvalue weighted by atomic mass is 10.3. The van der Waals surface area contributed by atoms with Gasteiger partial charge in [0.05, 0.1) is 23.9 Å². The fourth-order valence-electron chi connectivity index (χ4n) is 1.77. The van der Waals surface area contributed by atoms with Crippen molar-refractivity contribution in [3.05, 3.63) is 41.7 Å². The Kier molecular flexibility index (Phi) is 4.52. The van der Waals surface area contributed by atoms with E-state index in [0.29, 0.717) is 6.61 Å². The fraction of sp³-hybridized carbons (Fsp3) is 0.429. The number of hydrogen-bond acceptors (Lipinski definition) is 4. The third kappa shape index (κ3) is 3.54. The first-order chi connectivity index (χ1) is 9.20. The highest BCUT2D eigenvalue weighted by Crippen LogP contribution is 2.18. The van der Waals surface area contributed by atoms with Gasteiger partial charge in [-0.25, -0.2) is 4.98 Å². The van der Waals surface area contributed by atoms with E-state index in [-0.39, 0.29) is 0 Å². The molecule has 19 heavy (non-hydrogen) atoms. The average molecular weight is 260 g/mol. The van der Waals surface area contributed by atoms with E-state index in [1.165, 1.54) is 0 Å². The normalized spacial score (nSPS) is 10.7. The van der Waals surface area contributed by atoms with Gasteiger partial charge in [0, 0.05) is 19.3 Å². The zero-order valence-electron chi connectivity index (χ0n) is 11.7. The maximum Gasteiger partial charge on any atom is 0.142 e. The Hall–Kier alpha value is -1.88. The molecule has 0 unspecified atom stereocenters. The summed E-state index contributed by atoms with van der Waals surface area (Å²) in [5.41, 5.74) is 2.99. The Morgan fingerprint density at radius 2 is 2.21 bits per heavy atom. The van der Waals surface area contributed by atoms with Crippen LogP contribution in [-0.2, 0) is 20.2 Å². The second-order valence-corrected chi connectivity index (χ2v) is 4.46. The van der Waals surface area contributed by atoms with E-state index in [1.807, 2.05) is 36.9 Å². The molecular formula is C14H20N4O. The number of pyridine rings is 1. The predicted octanol–water partition coefficient (Wildman–Crippen LogP) is 1.81. The molecule has 0 saturated carbocycles. The van der Waals surface area contributed by atoms with Gasteiger partial charge in [-0.3, -0.25) is 4.98 Å². The summed E-state index contributed by atoms with van der Waals surface area (Å²) in [6, 6.07) is 3.94. The smallest absolute Gasteiger partial charge is 0.142 e. The van der Waals surface area contributed by atoms with Gasteiger partial charge < -0.3 is 14.6 Å². The van der Waals surface area contributed by atoms with Crippen molar-refractivity contribution in [3.63, 3.8) is 0 Å². The van der Waals surface area contributed by atoms with Gasteiger partial charge in [-0.15, -0.1) is 0 Å². The Morgan fingerprint density at radius 1 is 1.37 bits per heavy atom. The summed E-state index contributed by atoms with van der Waals surface area (Å²) in [4.78, 5) is 8.60. The van der Waals surface area contributed by atoms with Crippen LogP contribution in [0.15, 0.2) is 24.7 Å². The molecule has 2 heterocycles. The van der Waals surface area contributed by atoms with E-state index in [2.05, 4.69) is 22.2 Å². The first kappa shape index (κ1) is 13.5. The van der Waals surface area contributed by atoms with Crippen molar-refractivity contribution in [2.75, 3.05) is 6.54 Å². The minimum Gasteiger partial charge on any atom is -0.485 e. The molecule has 2 aromatic heterocycles. The van der Waals surface area contributed by atoms with Gasteiger partial charge >= 0.3 is 0 Å². The highest BCUT2D eigenvalue weighted by atomic mass is 16.5. The van der Waals surface area contributed by atoms with Crippen LogP contribution in [0.25, 0.3) is 0 Å². The van der Waals surface area contributed by atoms with E-state index >= 15 is 0 Å². The van der Waals surface area contributed by atoms with Crippen LogP contribution in [0.5, 0.6) is 5.75 Å². The number of nitrogens with zero attached hydrogens (tertiary/aromatic N) is 3. The largest absolute Gasteiger partial charge is 0.485 e. The molecule has 2 aromatic rings. The van der Waals surface area contributed by atoms with Crippen molar-refractivity contribution in [3.8, 4) is 5.75 Å². The van der Waals surface area contributed by atoms with Crippen molar-refractivity contribution in [1.29, 1.82) is 0 Å². The van der Waals surface area contributed by atoms with Crippen LogP contribution in [0.4, 0.5) is 0 Å². The highest BCUT2D eigenvalue weighted by Gasteiger charge is 2.07. The fourth-order valence-corrected chi connectivity index (χ4v) is 1.77. The van der Waals surface area contributed by atoms with Crippen LogP contribution in [-0.4, -0.2) is 21.1 Å². The van der Waals surface area contributed by atoms with Crippen LogP contribution in [0.2, 0.25) is 0 Å². The third-order valence-corrected chi connectivity index (χ3v) is 2.91. The third-order valence-electron chi connectivity index (χ3n) is 2.91. The Balaban J connectivity index is 2.08. The quantitative estimate of drug-likeness (QED) is 0.860. The molecule has 0 atom stereocenters. The molecule has 0 aliphatic heterocycles. The van der Waals surface area contributed by atoms with Crippen LogP contribution in [0.3, 0.4) is 0 Å². The number of hydrogen-bond donors (Lipinski definition) is 1. The summed E-state index contributed by atoms with van der Waals surface area (Å²) in [5, 5.41) is 3.28. The van der Waals surface area contributed by atoms with Crippen molar-refractivity contribution in [1.82, 2.24) is 19.9 Å². The van der Waals surface area contributed by atoms with Gasteiger partial charge in [-0.05, 0) is 25.6 Å².